The highest BCUT2D eigenvalue weighted by Gasteiger charge is 2.07. The van der Waals surface area contributed by atoms with E-state index in [0.717, 1.165) is 5.56 Å². The van der Waals surface area contributed by atoms with Gasteiger partial charge in [-0.2, -0.15) is 0 Å². The van der Waals surface area contributed by atoms with E-state index < -0.39 is 0 Å². The van der Waals surface area contributed by atoms with Crippen LogP contribution < -0.4 is 10.2 Å². The highest BCUT2D eigenvalue weighted by atomic mass is 35.5. The molecule has 2 aromatic carbocycles. The van der Waals surface area contributed by atoms with Gasteiger partial charge in [0.1, 0.15) is 12.4 Å². The summed E-state index contributed by atoms with van der Waals surface area (Å²) in [5, 5.41) is 1.36. The Morgan fingerprint density at radius 3 is 2.47 bits per heavy atom. The molecule has 0 heterocycles. The molecule has 1 nitrogen and oxygen atoms in total. The van der Waals surface area contributed by atoms with E-state index in [9.17, 15) is 0 Å². The summed E-state index contributed by atoms with van der Waals surface area (Å²) in [4.78, 5) is 0. The van der Waals surface area contributed by atoms with Crippen molar-refractivity contribution in [1.82, 2.24) is 0 Å². The Kier molecular flexibility index (Phi) is 4.78. The minimum Gasteiger partial charge on any atom is -0.487 e. The zero-order valence-electron chi connectivity index (χ0n) is 11.0. The number of hydrogen-bond acceptors (Lipinski definition) is 1. The topological polar surface area (TPSA) is 9.23 Å². The maximum Gasteiger partial charge on any atom is 0.169 e. The van der Waals surface area contributed by atoms with Crippen LogP contribution in [-0.4, -0.2) is 6.71 Å². The summed E-state index contributed by atoms with van der Waals surface area (Å²) in [5.74, 6) is 0.700. The highest BCUT2D eigenvalue weighted by Crippen LogP contribution is 2.24. The summed E-state index contributed by atoms with van der Waals surface area (Å²) >= 11 is 12.2. The van der Waals surface area contributed by atoms with Crippen molar-refractivity contribution < 1.29 is 4.74 Å². The monoisotopic (exact) mass is 292 g/mol. The molecule has 98 valence electrons. The van der Waals surface area contributed by atoms with E-state index in [4.69, 9.17) is 27.9 Å². The normalized spacial score (nSPS) is 10.3. The molecule has 0 saturated heterocycles. The lowest BCUT2D eigenvalue weighted by Gasteiger charge is -2.10. The summed E-state index contributed by atoms with van der Waals surface area (Å²) < 4.78 is 5.72. The standard InChI is InChI=1S/C15H15BCl2O/c1-16(2)12-6-7-15(14(18)9-12)19-10-11-4-3-5-13(17)8-11/h3-9H,10H2,1-2H3. The van der Waals surface area contributed by atoms with Crippen molar-refractivity contribution in [2.24, 2.45) is 0 Å². The van der Waals surface area contributed by atoms with Crippen LogP contribution in [0.3, 0.4) is 0 Å². The molecule has 0 radical (unpaired) electrons. The number of hydrogen-bond donors (Lipinski definition) is 0. The summed E-state index contributed by atoms with van der Waals surface area (Å²) in [6, 6.07) is 13.5. The molecule has 2 aromatic rings. The minimum atomic E-state index is 0.458. The molecule has 0 amide bonds. The third-order valence-corrected chi connectivity index (χ3v) is 3.44. The SMILES string of the molecule is CB(C)c1ccc(OCc2cccc(Cl)c2)c(Cl)c1. The number of benzene rings is 2. The van der Waals surface area contributed by atoms with E-state index in [0.29, 0.717) is 29.1 Å². The van der Waals surface area contributed by atoms with Crippen molar-refractivity contribution in [3.05, 3.63) is 58.1 Å². The fourth-order valence-electron chi connectivity index (χ4n) is 1.78. The van der Waals surface area contributed by atoms with Gasteiger partial charge in [0.2, 0.25) is 0 Å². The molecule has 0 aliphatic carbocycles. The molecule has 0 unspecified atom stereocenters. The fraction of sp³-hybridized carbons (Fsp3) is 0.200. The lowest BCUT2D eigenvalue weighted by Crippen LogP contribution is -2.22. The van der Waals surface area contributed by atoms with Gasteiger partial charge in [-0.05, 0) is 29.8 Å². The van der Waals surface area contributed by atoms with Gasteiger partial charge in [-0.25, -0.2) is 0 Å². The first-order valence-corrected chi connectivity index (χ1v) is 6.98. The molecule has 2 rings (SSSR count). The number of halogens is 2. The molecule has 0 aliphatic heterocycles. The van der Waals surface area contributed by atoms with Gasteiger partial charge in [0.05, 0.1) is 5.02 Å². The van der Waals surface area contributed by atoms with Gasteiger partial charge in [-0.1, -0.05) is 60.5 Å². The van der Waals surface area contributed by atoms with Gasteiger partial charge < -0.3 is 4.74 Å². The largest absolute Gasteiger partial charge is 0.487 e. The Hall–Kier alpha value is -1.12. The van der Waals surface area contributed by atoms with Gasteiger partial charge in [0.25, 0.3) is 0 Å². The molecule has 19 heavy (non-hydrogen) atoms. The van der Waals surface area contributed by atoms with Gasteiger partial charge in [0.15, 0.2) is 6.71 Å². The summed E-state index contributed by atoms with van der Waals surface area (Å²) in [7, 11) is 0. The Morgan fingerprint density at radius 1 is 1.05 bits per heavy atom. The van der Waals surface area contributed by atoms with E-state index in [-0.39, 0.29) is 0 Å². The van der Waals surface area contributed by atoms with Gasteiger partial charge in [-0.3, -0.25) is 0 Å². The maximum atomic E-state index is 6.22. The first-order chi connectivity index (χ1) is 9.06. The first-order valence-electron chi connectivity index (χ1n) is 6.23. The second kappa shape index (κ2) is 6.36. The van der Waals surface area contributed by atoms with Crippen LogP contribution in [0.5, 0.6) is 5.75 Å². The molecule has 0 aliphatic rings. The van der Waals surface area contributed by atoms with Crippen LogP contribution in [0.1, 0.15) is 5.56 Å². The molecule has 0 saturated carbocycles. The molecule has 0 N–H and O–H groups in total. The molecule has 0 atom stereocenters. The zero-order chi connectivity index (χ0) is 13.8. The predicted octanol–water partition coefficient (Wildman–Crippen LogP) is 4.53. The van der Waals surface area contributed by atoms with E-state index in [1.165, 1.54) is 5.46 Å². The number of rotatable bonds is 4. The van der Waals surface area contributed by atoms with Crippen LogP contribution >= 0.6 is 23.2 Å². The van der Waals surface area contributed by atoms with Crippen molar-refractivity contribution in [2.75, 3.05) is 0 Å². The van der Waals surface area contributed by atoms with Crippen molar-refractivity contribution in [3.63, 3.8) is 0 Å². The third kappa shape index (κ3) is 3.92. The molecule has 0 bridgehead atoms. The third-order valence-electron chi connectivity index (χ3n) is 2.91. The van der Waals surface area contributed by atoms with Crippen LogP contribution in [0.15, 0.2) is 42.5 Å². The average Bonchev–Trinajstić information content (AvgIpc) is 2.37. The molecular formula is C15H15BCl2O. The second-order valence-corrected chi connectivity index (χ2v) is 5.61. The number of ether oxygens (including phenoxy) is 1. The van der Waals surface area contributed by atoms with Gasteiger partial charge >= 0.3 is 0 Å². The Labute approximate surface area is 124 Å². The Balaban J connectivity index is 2.07. The molecule has 0 spiro atoms. The molecule has 4 heteroatoms. The molecular weight excluding hydrogens is 278 g/mol. The summed E-state index contributed by atoms with van der Waals surface area (Å²) in [6.45, 7) is 5.19. The van der Waals surface area contributed by atoms with Crippen LogP contribution in [0.25, 0.3) is 0 Å². The first kappa shape index (κ1) is 14.3. The van der Waals surface area contributed by atoms with E-state index >= 15 is 0 Å². The van der Waals surface area contributed by atoms with Crippen molar-refractivity contribution in [3.8, 4) is 5.75 Å². The highest BCUT2D eigenvalue weighted by molar-refractivity contribution is 6.70. The van der Waals surface area contributed by atoms with Crippen LogP contribution in [0, 0.1) is 0 Å². The Bertz CT molecular complexity index is 570. The maximum absolute atomic E-state index is 6.22. The second-order valence-electron chi connectivity index (χ2n) is 4.76. The van der Waals surface area contributed by atoms with E-state index in [2.05, 4.69) is 13.6 Å². The summed E-state index contributed by atoms with van der Waals surface area (Å²) in [5.41, 5.74) is 2.23. The minimum absolute atomic E-state index is 0.458. The predicted molar refractivity (Wildman–Crippen MR) is 84.4 cm³/mol. The summed E-state index contributed by atoms with van der Waals surface area (Å²) in [6.07, 6.45) is 0. The van der Waals surface area contributed by atoms with E-state index in [1.807, 2.05) is 42.5 Å². The van der Waals surface area contributed by atoms with E-state index in [1.54, 1.807) is 0 Å². The van der Waals surface area contributed by atoms with Crippen LogP contribution in [0.4, 0.5) is 0 Å². The fourth-order valence-corrected chi connectivity index (χ4v) is 2.24. The van der Waals surface area contributed by atoms with Crippen molar-refractivity contribution in [2.45, 2.75) is 20.3 Å². The van der Waals surface area contributed by atoms with Crippen molar-refractivity contribution in [1.29, 1.82) is 0 Å². The van der Waals surface area contributed by atoms with Crippen LogP contribution in [-0.2, 0) is 6.61 Å². The quantitative estimate of drug-likeness (QED) is 0.752. The lowest BCUT2D eigenvalue weighted by molar-refractivity contribution is 0.306. The van der Waals surface area contributed by atoms with Gasteiger partial charge in [-0.15, -0.1) is 0 Å². The zero-order valence-corrected chi connectivity index (χ0v) is 12.5. The van der Waals surface area contributed by atoms with Crippen molar-refractivity contribution >= 4 is 35.4 Å². The Morgan fingerprint density at radius 2 is 1.84 bits per heavy atom. The lowest BCUT2D eigenvalue weighted by atomic mass is 9.49. The average molecular weight is 293 g/mol. The van der Waals surface area contributed by atoms with Gasteiger partial charge in [0, 0.05) is 5.02 Å². The smallest absolute Gasteiger partial charge is 0.169 e. The molecule has 0 fully saturated rings. The molecule has 0 aromatic heterocycles. The van der Waals surface area contributed by atoms with Crippen LogP contribution in [0.2, 0.25) is 23.7 Å².